The van der Waals surface area contributed by atoms with Crippen LogP contribution in [0.15, 0.2) is 30.3 Å². The molecule has 1 rings (SSSR count). The molecule has 0 amide bonds. The Morgan fingerprint density at radius 3 is 2.46 bits per heavy atom. The molecule has 0 bridgehead atoms. The Morgan fingerprint density at radius 1 is 1.38 bits per heavy atom. The van der Waals surface area contributed by atoms with E-state index in [2.05, 4.69) is 0 Å². The maximum absolute atomic E-state index is 10.4. The molecule has 0 aliphatic heterocycles. The van der Waals surface area contributed by atoms with Crippen molar-refractivity contribution in [1.29, 1.82) is 0 Å². The van der Waals surface area contributed by atoms with Crippen LogP contribution in [0, 0.1) is 10.1 Å². The zero-order valence-corrected chi connectivity index (χ0v) is 7.09. The SMILES string of the molecule is O=[N+]([O-])[C@H](CO)Cc1ccccc1. The van der Waals surface area contributed by atoms with Crippen molar-refractivity contribution in [2.45, 2.75) is 12.5 Å². The number of hydrogen-bond donors (Lipinski definition) is 1. The van der Waals surface area contributed by atoms with E-state index in [9.17, 15) is 10.1 Å². The largest absolute Gasteiger partial charge is 0.389 e. The van der Waals surface area contributed by atoms with Gasteiger partial charge in [-0.1, -0.05) is 30.3 Å². The van der Waals surface area contributed by atoms with Gasteiger partial charge in [0.05, 0.1) is 0 Å². The van der Waals surface area contributed by atoms with E-state index in [1.54, 1.807) is 0 Å². The second kappa shape index (κ2) is 4.57. The van der Waals surface area contributed by atoms with Crippen molar-refractivity contribution in [3.8, 4) is 0 Å². The van der Waals surface area contributed by atoms with Gasteiger partial charge in [-0.05, 0) is 5.56 Å². The average Bonchev–Trinajstić information content (AvgIpc) is 2.15. The van der Waals surface area contributed by atoms with Gasteiger partial charge in [-0.2, -0.15) is 0 Å². The van der Waals surface area contributed by atoms with Crippen molar-refractivity contribution in [1.82, 2.24) is 0 Å². The summed E-state index contributed by atoms with van der Waals surface area (Å²) >= 11 is 0. The molecule has 0 heterocycles. The molecular weight excluding hydrogens is 170 g/mol. The topological polar surface area (TPSA) is 63.4 Å². The van der Waals surface area contributed by atoms with E-state index in [-0.39, 0.29) is 6.42 Å². The van der Waals surface area contributed by atoms with Crippen LogP contribution in [-0.4, -0.2) is 22.7 Å². The van der Waals surface area contributed by atoms with Gasteiger partial charge in [-0.15, -0.1) is 0 Å². The lowest BCUT2D eigenvalue weighted by Gasteiger charge is -2.05. The summed E-state index contributed by atoms with van der Waals surface area (Å²) in [5, 5.41) is 19.1. The first-order chi connectivity index (χ1) is 6.24. The van der Waals surface area contributed by atoms with Gasteiger partial charge in [0.15, 0.2) is 0 Å². The molecule has 4 nitrogen and oxygen atoms in total. The molecular formula is C9H11NO3. The van der Waals surface area contributed by atoms with Crippen LogP contribution in [-0.2, 0) is 6.42 Å². The second-order valence-electron chi connectivity index (χ2n) is 2.81. The molecule has 4 heteroatoms. The zero-order chi connectivity index (χ0) is 9.68. The molecule has 1 aromatic carbocycles. The molecule has 0 saturated carbocycles. The number of benzene rings is 1. The summed E-state index contributed by atoms with van der Waals surface area (Å²) in [6.45, 7) is -0.415. The molecule has 13 heavy (non-hydrogen) atoms. The summed E-state index contributed by atoms with van der Waals surface area (Å²) in [5.74, 6) is 0. The van der Waals surface area contributed by atoms with Crippen molar-refractivity contribution in [3.63, 3.8) is 0 Å². The normalized spacial score (nSPS) is 12.4. The van der Waals surface area contributed by atoms with Crippen LogP contribution in [0.25, 0.3) is 0 Å². The minimum absolute atomic E-state index is 0.282. The molecule has 1 aromatic rings. The van der Waals surface area contributed by atoms with Crippen LogP contribution in [0.4, 0.5) is 0 Å². The molecule has 1 N–H and O–H groups in total. The summed E-state index contributed by atoms with van der Waals surface area (Å²) < 4.78 is 0. The minimum atomic E-state index is -0.887. The summed E-state index contributed by atoms with van der Waals surface area (Å²) in [6.07, 6.45) is 0.282. The Hall–Kier alpha value is -1.42. The van der Waals surface area contributed by atoms with Crippen molar-refractivity contribution < 1.29 is 10.0 Å². The van der Waals surface area contributed by atoms with E-state index >= 15 is 0 Å². The van der Waals surface area contributed by atoms with Crippen molar-refractivity contribution >= 4 is 0 Å². The molecule has 0 aliphatic rings. The Bertz CT molecular complexity index is 273. The first-order valence-corrected chi connectivity index (χ1v) is 4.02. The summed E-state index contributed by atoms with van der Waals surface area (Å²) in [6, 6.07) is 8.23. The lowest BCUT2D eigenvalue weighted by Crippen LogP contribution is -2.26. The van der Waals surface area contributed by atoms with E-state index in [1.165, 1.54) is 0 Å². The molecule has 0 spiro atoms. The van der Waals surface area contributed by atoms with Crippen LogP contribution in [0.5, 0.6) is 0 Å². The summed E-state index contributed by atoms with van der Waals surface area (Å²) in [5.41, 5.74) is 0.873. The van der Waals surface area contributed by atoms with Crippen LogP contribution >= 0.6 is 0 Å². The second-order valence-corrected chi connectivity index (χ2v) is 2.81. The highest BCUT2D eigenvalue weighted by Crippen LogP contribution is 2.04. The average molecular weight is 181 g/mol. The Morgan fingerprint density at radius 2 is 2.00 bits per heavy atom. The number of hydrogen-bond acceptors (Lipinski definition) is 3. The van der Waals surface area contributed by atoms with E-state index in [0.29, 0.717) is 0 Å². The molecule has 0 radical (unpaired) electrons. The lowest BCUT2D eigenvalue weighted by molar-refractivity contribution is -0.525. The monoisotopic (exact) mass is 181 g/mol. The summed E-state index contributed by atoms with van der Waals surface area (Å²) in [4.78, 5) is 9.93. The van der Waals surface area contributed by atoms with Gasteiger partial charge in [0.1, 0.15) is 6.61 Å². The molecule has 70 valence electrons. The molecule has 0 aliphatic carbocycles. The quantitative estimate of drug-likeness (QED) is 0.553. The zero-order valence-electron chi connectivity index (χ0n) is 7.09. The predicted molar refractivity (Wildman–Crippen MR) is 48.0 cm³/mol. The van der Waals surface area contributed by atoms with E-state index in [1.807, 2.05) is 30.3 Å². The van der Waals surface area contributed by atoms with Crippen molar-refractivity contribution in [2.75, 3.05) is 6.61 Å². The van der Waals surface area contributed by atoms with Crippen LogP contribution in [0.1, 0.15) is 5.56 Å². The maximum atomic E-state index is 10.4. The van der Waals surface area contributed by atoms with E-state index < -0.39 is 17.6 Å². The highest BCUT2D eigenvalue weighted by atomic mass is 16.6. The fraction of sp³-hybridized carbons (Fsp3) is 0.333. The number of rotatable bonds is 4. The minimum Gasteiger partial charge on any atom is -0.389 e. The lowest BCUT2D eigenvalue weighted by atomic mass is 10.1. The van der Waals surface area contributed by atoms with Crippen LogP contribution in [0.2, 0.25) is 0 Å². The van der Waals surface area contributed by atoms with Crippen molar-refractivity contribution in [3.05, 3.63) is 46.0 Å². The third kappa shape index (κ3) is 2.83. The summed E-state index contributed by atoms with van der Waals surface area (Å²) in [7, 11) is 0. The maximum Gasteiger partial charge on any atom is 0.239 e. The molecule has 0 fully saturated rings. The first-order valence-electron chi connectivity index (χ1n) is 4.02. The Labute approximate surface area is 76.0 Å². The fourth-order valence-corrected chi connectivity index (χ4v) is 1.09. The van der Waals surface area contributed by atoms with Crippen molar-refractivity contribution in [2.24, 2.45) is 0 Å². The standard InChI is InChI=1S/C9H11NO3/c11-7-9(10(12)13)6-8-4-2-1-3-5-8/h1-5,9,11H,6-7H2/t9-/m0/s1. The van der Waals surface area contributed by atoms with E-state index in [0.717, 1.165) is 5.56 Å². The first kappa shape index (κ1) is 9.67. The highest BCUT2D eigenvalue weighted by molar-refractivity contribution is 5.15. The molecule has 0 unspecified atom stereocenters. The fourth-order valence-electron chi connectivity index (χ4n) is 1.09. The number of nitro groups is 1. The van der Waals surface area contributed by atoms with Gasteiger partial charge in [-0.3, -0.25) is 10.1 Å². The Kier molecular flexibility index (Phi) is 3.40. The molecule has 0 saturated heterocycles. The van der Waals surface area contributed by atoms with E-state index in [4.69, 9.17) is 5.11 Å². The van der Waals surface area contributed by atoms with Gasteiger partial charge in [0, 0.05) is 11.3 Å². The highest BCUT2D eigenvalue weighted by Gasteiger charge is 2.18. The number of nitrogens with zero attached hydrogens (tertiary/aromatic N) is 1. The predicted octanol–water partition coefficient (Wildman–Crippen LogP) is 0.867. The molecule has 0 aromatic heterocycles. The third-order valence-corrected chi connectivity index (χ3v) is 1.82. The Balaban J connectivity index is 2.62. The number of aliphatic hydroxyl groups is 1. The van der Waals surface area contributed by atoms with Gasteiger partial charge in [-0.25, -0.2) is 0 Å². The van der Waals surface area contributed by atoms with Crippen LogP contribution < -0.4 is 0 Å². The van der Waals surface area contributed by atoms with Gasteiger partial charge < -0.3 is 5.11 Å². The van der Waals surface area contributed by atoms with Gasteiger partial charge in [0.2, 0.25) is 6.04 Å². The number of aliphatic hydroxyl groups excluding tert-OH is 1. The van der Waals surface area contributed by atoms with Gasteiger partial charge in [0.25, 0.3) is 0 Å². The smallest absolute Gasteiger partial charge is 0.239 e. The van der Waals surface area contributed by atoms with Gasteiger partial charge >= 0.3 is 0 Å². The molecule has 1 atom stereocenters. The third-order valence-electron chi connectivity index (χ3n) is 1.82. The van der Waals surface area contributed by atoms with Crippen LogP contribution in [0.3, 0.4) is 0 Å².